The van der Waals surface area contributed by atoms with Crippen molar-refractivity contribution in [2.75, 3.05) is 0 Å². The first-order valence-corrected chi connectivity index (χ1v) is 8.99. The van der Waals surface area contributed by atoms with E-state index in [1.165, 1.54) is 0 Å². The summed E-state index contributed by atoms with van der Waals surface area (Å²) in [4.78, 5) is 27.8. The van der Waals surface area contributed by atoms with Gasteiger partial charge in [-0.3, -0.25) is 4.79 Å². The lowest BCUT2D eigenvalue weighted by Crippen LogP contribution is -2.19. The summed E-state index contributed by atoms with van der Waals surface area (Å²) < 4.78 is 0.898. The molecule has 0 aliphatic rings. The smallest absolute Gasteiger partial charge is 0.220 e. The zero-order valence-corrected chi connectivity index (χ0v) is 15.8. The number of halogens is 2. The van der Waals surface area contributed by atoms with Gasteiger partial charge in [0.15, 0.2) is 5.68 Å². The fraction of sp³-hybridized carbons (Fsp3) is 0.0526. The van der Waals surface area contributed by atoms with Gasteiger partial charge in [0.1, 0.15) is 0 Å². The Kier molecular flexibility index (Phi) is 5.26. The number of carbonyl (C=O) groups excluding carboxylic acids is 2. The summed E-state index contributed by atoms with van der Waals surface area (Å²) >= 11 is 9.32. The molecule has 1 heterocycles. The number of Topliss-reactive ketones (excluding diaryl/α,β-unsaturated/α-hetero) is 1. The van der Waals surface area contributed by atoms with Gasteiger partial charge in [0.05, 0.1) is 11.3 Å². The van der Waals surface area contributed by atoms with Crippen molar-refractivity contribution in [3.05, 3.63) is 68.8 Å². The molecule has 1 N–H and O–H groups in total. The van der Waals surface area contributed by atoms with Crippen molar-refractivity contribution in [2.24, 2.45) is 0 Å². The fourth-order valence-corrected chi connectivity index (χ4v) is 3.10. The quantitative estimate of drug-likeness (QED) is 0.365. The summed E-state index contributed by atoms with van der Waals surface area (Å²) in [5.74, 6) is -0.466. The van der Waals surface area contributed by atoms with E-state index in [1.807, 2.05) is 42.5 Å². The van der Waals surface area contributed by atoms with E-state index < -0.39 is 11.5 Å². The van der Waals surface area contributed by atoms with Gasteiger partial charge in [-0.2, -0.15) is 0 Å². The number of aromatic amines is 1. The highest BCUT2D eigenvalue weighted by molar-refractivity contribution is 9.10. The Morgan fingerprint density at radius 2 is 1.84 bits per heavy atom. The molecule has 1 aromatic heterocycles. The van der Waals surface area contributed by atoms with Crippen molar-refractivity contribution in [1.29, 1.82) is 0 Å². The fourth-order valence-electron chi connectivity index (χ4n) is 2.61. The molecule has 124 valence electrons. The van der Waals surface area contributed by atoms with Crippen LogP contribution in [0.5, 0.6) is 0 Å². The Labute approximate surface area is 159 Å². The first kappa shape index (κ1) is 17.7. The zero-order chi connectivity index (χ0) is 18.0. The summed E-state index contributed by atoms with van der Waals surface area (Å²) in [5, 5.41) is 1.41. The minimum absolute atomic E-state index is 0.183. The van der Waals surface area contributed by atoms with Crippen LogP contribution in [0.25, 0.3) is 23.1 Å². The van der Waals surface area contributed by atoms with E-state index in [9.17, 15) is 9.59 Å². The van der Waals surface area contributed by atoms with Crippen LogP contribution in [-0.2, 0) is 4.79 Å². The second-order valence-electron chi connectivity index (χ2n) is 5.59. The standard InChI is InChI=1S/C19H14BBrClNO2/c1-20-19(25)18(24)17-14-8-5-12(21)10-16(14)23-15(17)9-4-11-2-6-13(22)7-3-11/h2-10,20,23H,1H3/b9-4+. The average Bonchev–Trinajstić information content (AvgIpc) is 2.97. The van der Waals surface area contributed by atoms with Gasteiger partial charge in [-0.25, -0.2) is 0 Å². The van der Waals surface area contributed by atoms with Gasteiger partial charge >= 0.3 is 0 Å². The maximum atomic E-state index is 12.6. The van der Waals surface area contributed by atoms with Gasteiger partial charge in [-0.05, 0) is 35.9 Å². The maximum absolute atomic E-state index is 12.6. The van der Waals surface area contributed by atoms with Crippen molar-refractivity contribution in [3.8, 4) is 0 Å². The molecule has 0 atom stereocenters. The lowest BCUT2D eigenvalue weighted by atomic mass is 9.73. The van der Waals surface area contributed by atoms with Crippen molar-refractivity contribution in [2.45, 2.75) is 6.82 Å². The Morgan fingerprint density at radius 3 is 2.52 bits per heavy atom. The molecule has 2 aromatic carbocycles. The van der Waals surface area contributed by atoms with Gasteiger partial charge in [-0.15, -0.1) is 0 Å². The minimum Gasteiger partial charge on any atom is -0.354 e. The number of nitrogens with one attached hydrogen (secondary N) is 1. The highest BCUT2D eigenvalue weighted by Gasteiger charge is 2.22. The second-order valence-corrected chi connectivity index (χ2v) is 6.95. The molecule has 0 saturated heterocycles. The van der Waals surface area contributed by atoms with Crippen LogP contribution in [0.2, 0.25) is 11.8 Å². The Bertz CT molecular complexity index is 993. The molecule has 0 aliphatic heterocycles. The summed E-state index contributed by atoms with van der Waals surface area (Å²) in [6, 6.07) is 13.0. The number of benzene rings is 2. The Balaban J connectivity index is 2.11. The van der Waals surface area contributed by atoms with Gasteiger partial charge in [0.25, 0.3) is 0 Å². The average molecular weight is 414 g/mol. The number of carbonyl (C=O) groups is 2. The van der Waals surface area contributed by atoms with Crippen LogP contribution in [0, 0.1) is 0 Å². The molecule has 0 aliphatic carbocycles. The number of hydrogen-bond acceptors (Lipinski definition) is 2. The molecule has 3 rings (SSSR count). The summed E-state index contributed by atoms with van der Waals surface area (Å²) in [7, 11) is 0.183. The summed E-state index contributed by atoms with van der Waals surface area (Å²) in [6.45, 7) is 1.69. The third-order valence-corrected chi connectivity index (χ3v) is 4.65. The third kappa shape index (κ3) is 3.78. The minimum atomic E-state index is -0.466. The van der Waals surface area contributed by atoms with Crippen LogP contribution in [0.1, 0.15) is 21.6 Å². The van der Waals surface area contributed by atoms with E-state index in [0.29, 0.717) is 16.3 Å². The SMILES string of the molecule is CBC(=O)C(=O)c1c(/C=C/c2ccc(Cl)cc2)[nH]c2cc(Br)ccc12. The molecule has 3 aromatic rings. The van der Waals surface area contributed by atoms with Crippen LogP contribution >= 0.6 is 27.5 Å². The van der Waals surface area contributed by atoms with Gasteiger partial charge in [0, 0.05) is 20.4 Å². The number of H-pyrrole nitrogens is 1. The maximum Gasteiger partial charge on any atom is 0.220 e. The lowest BCUT2D eigenvalue weighted by molar-refractivity contribution is -0.108. The highest BCUT2D eigenvalue weighted by atomic mass is 79.9. The predicted octanol–water partition coefficient (Wildman–Crippen LogP) is 4.95. The third-order valence-electron chi connectivity index (χ3n) is 3.90. The van der Waals surface area contributed by atoms with E-state index in [0.717, 1.165) is 20.9 Å². The van der Waals surface area contributed by atoms with Crippen molar-refractivity contribution in [3.63, 3.8) is 0 Å². The topological polar surface area (TPSA) is 49.9 Å². The first-order chi connectivity index (χ1) is 12.0. The molecule has 0 fully saturated rings. The number of aromatic nitrogens is 1. The predicted molar refractivity (Wildman–Crippen MR) is 109 cm³/mol. The van der Waals surface area contributed by atoms with Crippen molar-refractivity contribution in [1.82, 2.24) is 4.98 Å². The van der Waals surface area contributed by atoms with Crippen LogP contribution in [0.3, 0.4) is 0 Å². The molecule has 0 spiro atoms. The summed E-state index contributed by atoms with van der Waals surface area (Å²) in [5.41, 5.74) is 2.39. The van der Waals surface area contributed by atoms with E-state index in [-0.39, 0.29) is 7.28 Å². The second kappa shape index (κ2) is 7.42. The molecule has 25 heavy (non-hydrogen) atoms. The van der Waals surface area contributed by atoms with Crippen molar-refractivity contribution < 1.29 is 9.59 Å². The van der Waals surface area contributed by atoms with Crippen LogP contribution < -0.4 is 0 Å². The van der Waals surface area contributed by atoms with E-state index >= 15 is 0 Å². The van der Waals surface area contributed by atoms with E-state index in [1.54, 1.807) is 19.0 Å². The molecule has 6 heteroatoms. The molecular formula is C19H14BBrClNO2. The number of hydrogen-bond donors (Lipinski definition) is 1. The van der Waals surface area contributed by atoms with Gasteiger partial charge in [0.2, 0.25) is 13.1 Å². The largest absolute Gasteiger partial charge is 0.354 e. The Hall–Kier alpha value is -2.11. The number of rotatable bonds is 5. The zero-order valence-electron chi connectivity index (χ0n) is 13.5. The van der Waals surface area contributed by atoms with Crippen molar-refractivity contribution >= 4 is 69.3 Å². The van der Waals surface area contributed by atoms with Crippen LogP contribution in [-0.4, -0.2) is 23.7 Å². The molecule has 0 radical (unpaired) electrons. The monoisotopic (exact) mass is 413 g/mol. The lowest BCUT2D eigenvalue weighted by Gasteiger charge is -2.00. The number of fused-ring (bicyclic) bond motifs is 1. The molecule has 0 bridgehead atoms. The highest BCUT2D eigenvalue weighted by Crippen LogP contribution is 2.27. The molecule has 0 saturated carbocycles. The normalized spacial score (nSPS) is 11.2. The van der Waals surface area contributed by atoms with Crippen LogP contribution in [0.15, 0.2) is 46.9 Å². The Morgan fingerprint density at radius 1 is 1.12 bits per heavy atom. The molecule has 3 nitrogen and oxygen atoms in total. The summed E-state index contributed by atoms with van der Waals surface area (Å²) in [6.07, 6.45) is 3.69. The van der Waals surface area contributed by atoms with E-state index in [4.69, 9.17) is 11.6 Å². The molecule has 0 unspecified atom stereocenters. The molecule has 0 amide bonds. The van der Waals surface area contributed by atoms with Crippen LogP contribution in [0.4, 0.5) is 0 Å². The first-order valence-electron chi connectivity index (χ1n) is 7.82. The number of ketones is 1. The molecular weight excluding hydrogens is 400 g/mol. The van der Waals surface area contributed by atoms with Gasteiger partial charge < -0.3 is 9.78 Å². The van der Waals surface area contributed by atoms with E-state index in [2.05, 4.69) is 20.9 Å². The van der Waals surface area contributed by atoms with Gasteiger partial charge in [-0.1, -0.05) is 58.6 Å².